The Morgan fingerprint density at radius 2 is 2.28 bits per heavy atom. The van der Waals surface area contributed by atoms with Crippen LogP contribution in [0.15, 0.2) is 10.5 Å². The van der Waals surface area contributed by atoms with E-state index < -0.39 is 0 Å². The first-order valence-electron chi connectivity index (χ1n) is 6.27. The highest BCUT2D eigenvalue weighted by atomic mass is 79.9. The summed E-state index contributed by atoms with van der Waals surface area (Å²) in [6.45, 7) is 9.77. The first-order valence-corrected chi connectivity index (χ1v) is 8.86. The molecule has 2 rings (SSSR count). The minimum Gasteiger partial charge on any atom is -0.329 e. The normalized spacial score (nSPS) is 22.1. The van der Waals surface area contributed by atoms with Crippen molar-refractivity contribution in [2.24, 2.45) is 5.73 Å². The SMILES string of the molecule is Cc1sc(C(CN)N2CCSC(C)(C)C2)cc1Br. The highest BCUT2D eigenvalue weighted by Gasteiger charge is 2.31. The molecule has 1 aromatic rings. The summed E-state index contributed by atoms with van der Waals surface area (Å²) in [6.07, 6.45) is 0. The maximum Gasteiger partial charge on any atom is 0.0565 e. The molecule has 0 spiro atoms. The minimum atomic E-state index is 0.342. The van der Waals surface area contributed by atoms with Crippen molar-refractivity contribution in [1.29, 1.82) is 0 Å². The Morgan fingerprint density at radius 1 is 1.56 bits per heavy atom. The minimum absolute atomic E-state index is 0.342. The molecule has 2 nitrogen and oxygen atoms in total. The van der Waals surface area contributed by atoms with E-state index in [0.29, 0.717) is 17.3 Å². The third-order valence-corrected chi connectivity index (χ3v) is 6.86. The van der Waals surface area contributed by atoms with Gasteiger partial charge in [0.1, 0.15) is 0 Å². The van der Waals surface area contributed by atoms with E-state index >= 15 is 0 Å². The van der Waals surface area contributed by atoms with Gasteiger partial charge in [-0.15, -0.1) is 11.3 Å². The number of nitrogens with zero attached hydrogens (tertiary/aromatic N) is 1. The van der Waals surface area contributed by atoms with E-state index in [1.165, 1.54) is 20.0 Å². The average molecular weight is 349 g/mol. The molecule has 18 heavy (non-hydrogen) atoms. The van der Waals surface area contributed by atoms with Crippen LogP contribution in [-0.4, -0.2) is 35.0 Å². The number of rotatable bonds is 3. The molecule has 0 aliphatic carbocycles. The van der Waals surface area contributed by atoms with Crippen LogP contribution in [0.5, 0.6) is 0 Å². The van der Waals surface area contributed by atoms with E-state index in [2.05, 4.69) is 59.4 Å². The van der Waals surface area contributed by atoms with Crippen LogP contribution in [0.1, 0.15) is 29.6 Å². The van der Waals surface area contributed by atoms with Crippen LogP contribution in [0, 0.1) is 6.92 Å². The molecule has 2 heterocycles. The van der Waals surface area contributed by atoms with Crippen molar-refractivity contribution in [2.75, 3.05) is 25.4 Å². The summed E-state index contributed by atoms with van der Waals surface area (Å²) in [5.74, 6) is 1.20. The fraction of sp³-hybridized carbons (Fsp3) is 0.692. The molecule has 1 fully saturated rings. The Bertz CT molecular complexity index is 398. The van der Waals surface area contributed by atoms with E-state index in [9.17, 15) is 0 Å². The molecule has 5 heteroatoms. The molecule has 1 aliphatic rings. The molecule has 1 saturated heterocycles. The van der Waals surface area contributed by atoms with Gasteiger partial charge in [-0.2, -0.15) is 11.8 Å². The van der Waals surface area contributed by atoms with E-state index in [4.69, 9.17) is 5.73 Å². The summed E-state index contributed by atoms with van der Waals surface area (Å²) in [4.78, 5) is 5.28. The molecule has 0 saturated carbocycles. The summed E-state index contributed by atoms with van der Waals surface area (Å²) < 4.78 is 1.56. The van der Waals surface area contributed by atoms with Crippen molar-refractivity contribution in [3.8, 4) is 0 Å². The van der Waals surface area contributed by atoms with Crippen molar-refractivity contribution in [3.63, 3.8) is 0 Å². The number of thiophene rings is 1. The molecule has 102 valence electrons. The van der Waals surface area contributed by atoms with E-state index in [1.54, 1.807) is 0 Å². The van der Waals surface area contributed by atoms with Gasteiger partial charge in [-0.05, 0) is 42.8 Å². The Labute approximate surface area is 126 Å². The van der Waals surface area contributed by atoms with Gasteiger partial charge in [0.05, 0.1) is 6.04 Å². The second-order valence-electron chi connectivity index (χ2n) is 5.38. The molecule has 1 unspecified atom stereocenters. The standard InChI is InChI=1S/C13H21BrN2S2/c1-9-10(14)6-12(18-9)11(7-15)16-4-5-17-13(2,3)8-16/h6,11H,4-5,7-8,15H2,1-3H3. The zero-order valence-corrected chi connectivity index (χ0v) is 14.4. The van der Waals surface area contributed by atoms with Gasteiger partial charge in [0.2, 0.25) is 0 Å². The Morgan fingerprint density at radius 3 is 2.78 bits per heavy atom. The van der Waals surface area contributed by atoms with Crippen LogP contribution in [0.4, 0.5) is 0 Å². The average Bonchev–Trinajstić information content (AvgIpc) is 2.58. The third-order valence-electron chi connectivity index (χ3n) is 3.32. The van der Waals surface area contributed by atoms with Gasteiger partial charge >= 0.3 is 0 Å². The third kappa shape index (κ3) is 3.31. The predicted molar refractivity (Wildman–Crippen MR) is 86.7 cm³/mol. The summed E-state index contributed by atoms with van der Waals surface area (Å²) in [5.41, 5.74) is 6.03. The molecular weight excluding hydrogens is 328 g/mol. The second kappa shape index (κ2) is 5.83. The van der Waals surface area contributed by atoms with Crippen LogP contribution in [0.3, 0.4) is 0 Å². The maximum atomic E-state index is 6.03. The fourth-order valence-corrected chi connectivity index (χ4v) is 5.25. The molecule has 0 radical (unpaired) electrons. The topological polar surface area (TPSA) is 29.3 Å². The molecule has 0 aromatic carbocycles. The quantitative estimate of drug-likeness (QED) is 0.903. The van der Waals surface area contributed by atoms with Gasteiger partial charge in [0.25, 0.3) is 0 Å². The lowest BCUT2D eigenvalue weighted by Crippen LogP contribution is -2.46. The van der Waals surface area contributed by atoms with E-state index in [1.807, 2.05) is 11.3 Å². The van der Waals surface area contributed by atoms with Crippen LogP contribution in [0.2, 0.25) is 0 Å². The molecule has 0 amide bonds. The van der Waals surface area contributed by atoms with Crippen molar-refractivity contribution >= 4 is 39.0 Å². The zero-order valence-electron chi connectivity index (χ0n) is 11.2. The number of nitrogens with two attached hydrogens (primary N) is 1. The highest BCUT2D eigenvalue weighted by Crippen LogP contribution is 2.37. The van der Waals surface area contributed by atoms with Gasteiger partial charge in [-0.1, -0.05) is 0 Å². The zero-order chi connectivity index (χ0) is 13.3. The van der Waals surface area contributed by atoms with Gasteiger partial charge < -0.3 is 5.73 Å². The highest BCUT2D eigenvalue weighted by molar-refractivity contribution is 9.10. The second-order valence-corrected chi connectivity index (χ2v) is 9.33. The lowest BCUT2D eigenvalue weighted by Gasteiger charge is -2.41. The Kier molecular flexibility index (Phi) is 4.81. The fourth-order valence-electron chi connectivity index (χ4n) is 2.41. The van der Waals surface area contributed by atoms with Crippen molar-refractivity contribution in [2.45, 2.75) is 31.6 Å². The van der Waals surface area contributed by atoms with E-state index in [-0.39, 0.29) is 0 Å². The van der Waals surface area contributed by atoms with Crippen LogP contribution in [0.25, 0.3) is 0 Å². The van der Waals surface area contributed by atoms with Gasteiger partial charge in [0.15, 0.2) is 0 Å². The summed E-state index contributed by atoms with van der Waals surface area (Å²) in [7, 11) is 0. The van der Waals surface area contributed by atoms with Crippen LogP contribution in [-0.2, 0) is 0 Å². The first kappa shape index (κ1) is 14.9. The summed E-state index contributed by atoms with van der Waals surface area (Å²) in [6, 6.07) is 2.62. The monoisotopic (exact) mass is 348 g/mol. The summed E-state index contributed by atoms with van der Waals surface area (Å²) >= 11 is 7.54. The smallest absolute Gasteiger partial charge is 0.0565 e. The lowest BCUT2D eigenvalue weighted by molar-refractivity contribution is 0.195. The molecule has 0 bridgehead atoms. The Hall–Kier alpha value is 0.450. The Balaban J connectivity index is 2.18. The number of aryl methyl sites for hydroxylation is 1. The van der Waals surface area contributed by atoms with Gasteiger partial charge in [-0.25, -0.2) is 0 Å². The molecular formula is C13H21BrN2S2. The molecule has 1 aliphatic heterocycles. The number of hydrogen-bond acceptors (Lipinski definition) is 4. The van der Waals surface area contributed by atoms with Crippen molar-refractivity contribution in [1.82, 2.24) is 4.90 Å². The lowest BCUT2D eigenvalue weighted by atomic mass is 10.1. The predicted octanol–water partition coefficient (Wildman–Crippen LogP) is 3.65. The molecule has 1 atom stereocenters. The first-order chi connectivity index (χ1) is 8.43. The van der Waals surface area contributed by atoms with Crippen LogP contribution >= 0.6 is 39.0 Å². The molecule has 1 aromatic heterocycles. The van der Waals surface area contributed by atoms with E-state index in [0.717, 1.165) is 13.1 Å². The molecule has 2 N–H and O–H groups in total. The van der Waals surface area contributed by atoms with Crippen molar-refractivity contribution < 1.29 is 0 Å². The summed E-state index contributed by atoms with van der Waals surface area (Å²) in [5, 5.41) is 0. The number of thioether (sulfide) groups is 1. The maximum absolute atomic E-state index is 6.03. The van der Waals surface area contributed by atoms with Gasteiger partial charge in [-0.3, -0.25) is 4.90 Å². The number of hydrogen-bond donors (Lipinski definition) is 1. The van der Waals surface area contributed by atoms with Gasteiger partial charge in [0, 0.05) is 44.4 Å². The largest absolute Gasteiger partial charge is 0.329 e. The van der Waals surface area contributed by atoms with Crippen LogP contribution < -0.4 is 5.73 Å². The van der Waals surface area contributed by atoms with Crippen molar-refractivity contribution in [3.05, 3.63) is 20.3 Å². The number of halogens is 1.